The van der Waals surface area contributed by atoms with Crippen LogP contribution in [0.3, 0.4) is 0 Å². The van der Waals surface area contributed by atoms with Crippen molar-refractivity contribution in [2.24, 2.45) is 7.05 Å². The van der Waals surface area contributed by atoms with Crippen molar-refractivity contribution in [1.29, 1.82) is 5.26 Å². The number of pyridine rings is 1. The van der Waals surface area contributed by atoms with Gasteiger partial charge in [0.25, 0.3) is 6.71 Å². The number of rotatable bonds is 8. The Morgan fingerprint density at radius 2 is 1.61 bits per heavy atom. The zero-order valence-corrected chi connectivity index (χ0v) is 22.9. The Labute approximate surface area is 239 Å². The lowest BCUT2D eigenvalue weighted by Crippen LogP contribution is -2.21. The minimum absolute atomic E-state index is 0.0781. The molecule has 0 aliphatic carbocycles. The van der Waals surface area contributed by atoms with Crippen molar-refractivity contribution in [1.82, 2.24) is 14.1 Å². The van der Waals surface area contributed by atoms with Crippen molar-refractivity contribution in [2.45, 2.75) is 32.3 Å². The maximum atomic E-state index is 13.6. The quantitative estimate of drug-likeness (QED) is 0.218. The number of ether oxygens (including phenoxy) is 2. The van der Waals surface area contributed by atoms with Crippen molar-refractivity contribution in [2.75, 3.05) is 0 Å². The van der Waals surface area contributed by atoms with E-state index in [1.54, 1.807) is 22.2 Å². The lowest BCUT2D eigenvalue weighted by molar-refractivity contribution is 0.267. The van der Waals surface area contributed by atoms with Gasteiger partial charge in [0.2, 0.25) is 11.8 Å². The SMILES string of the molecule is Cn1c(=O)n(-c2ccc(OCc3ccccc3)nc2OCc2ccccc2)c2ccc(C3=CCB(C#N)CC3)cc21. The monoisotopic (exact) mass is 540 g/mol. The molecule has 0 N–H and O–H groups in total. The van der Waals surface area contributed by atoms with Crippen LogP contribution in [0.4, 0.5) is 0 Å². The highest BCUT2D eigenvalue weighted by atomic mass is 16.5. The van der Waals surface area contributed by atoms with Gasteiger partial charge >= 0.3 is 5.69 Å². The predicted molar refractivity (Wildman–Crippen MR) is 161 cm³/mol. The summed E-state index contributed by atoms with van der Waals surface area (Å²) in [5.74, 6) is 3.10. The van der Waals surface area contributed by atoms with Crippen molar-refractivity contribution in [3.05, 3.63) is 124 Å². The zero-order chi connectivity index (χ0) is 28.2. The summed E-state index contributed by atoms with van der Waals surface area (Å²) in [5, 5.41) is 9.25. The number of imidazole rings is 1. The molecule has 5 aromatic rings. The van der Waals surface area contributed by atoms with Gasteiger partial charge in [-0.1, -0.05) is 79.1 Å². The first-order chi connectivity index (χ1) is 20.1. The van der Waals surface area contributed by atoms with Crippen LogP contribution in [0.25, 0.3) is 22.3 Å². The number of benzene rings is 3. The van der Waals surface area contributed by atoms with E-state index in [9.17, 15) is 10.1 Å². The predicted octanol–water partition coefficient (Wildman–Crippen LogP) is 6.23. The smallest absolute Gasteiger partial charge is 0.333 e. The van der Waals surface area contributed by atoms with Crippen molar-refractivity contribution < 1.29 is 9.47 Å². The summed E-state index contributed by atoms with van der Waals surface area (Å²) in [4.78, 5) is 18.3. The summed E-state index contributed by atoms with van der Waals surface area (Å²) in [6.07, 6.45) is 4.62. The van der Waals surface area contributed by atoms with E-state index >= 15 is 0 Å². The Kier molecular flexibility index (Phi) is 7.42. The van der Waals surface area contributed by atoms with Crippen LogP contribution in [0, 0.1) is 11.2 Å². The summed E-state index contributed by atoms with van der Waals surface area (Å²) in [7, 11) is 1.78. The molecule has 8 heteroatoms. The van der Waals surface area contributed by atoms with Gasteiger partial charge in [-0.2, -0.15) is 4.98 Å². The van der Waals surface area contributed by atoms with Crippen LogP contribution in [0.5, 0.6) is 11.8 Å². The highest BCUT2D eigenvalue weighted by Gasteiger charge is 2.22. The average molecular weight is 540 g/mol. The zero-order valence-electron chi connectivity index (χ0n) is 22.9. The molecule has 0 spiro atoms. The van der Waals surface area contributed by atoms with Crippen LogP contribution in [-0.4, -0.2) is 20.8 Å². The van der Waals surface area contributed by atoms with E-state index in [-0.39, 0.29) is 12.4 Å². The van der Waals surface area contributed by atoms with Crippen molar-refractivity contribution >= 4 is 23.3 Å². The minimum atomic E-state index is -0.191. The number of nitrogens with zero attached hydrogens (tertiary/aromatic N) is 4. The second-order valence-electron chi connectivity index (χ2n) is 10.2. The topological polar surface area (TPSA) is 82.1 Å². The molecule has 202 valence electrons. The van der Waals surface area contributed by atoms with Crippen LogP contribution in [0.2, 0.25) is 12.6 Å². The molecule has 0 saturated heterocycles. The molecular formula is C33H29BN4O3. The summed E-state index contributed by atoms with van der Waals surface area (Å²) in [6.45, 7) is 0.743. The number of aromatic nitrogens is 3. The van der Waals surface area contributed by atoms with E-state index in [0.29, 0.717) is 30.7 Å². The highest BCUT2D eigenvalue weighted by molar-refractivity contribution is 6.67. The summed E-state index contributed by atoms with van der Waals surface area (Å²) in [6, 6.07) is 29.4. The molecule has 7 nitrogen and oxygen atoms in total. The van der Waals surface area contributed by atoms with E-state index in [1.165, 1.54) is 5.57 Å². The van der Waals surface area contributed by atoms with Crippen molar-refractivity contribution in [3.8, 4) is 23.4 Å². The van der Waals surface area contributed by atoms with Crippen LogP contribution < -0.4 is 15.2 Å². The molecule has 0 fully saturated rings. The molecule has 2 aromatic heterocycles. The molecule has 0 radical (unpaired) electrons. The van der Waals surface area contributed by atoms with E-state index in [4.69, 9.17) is 14.5 Å². The molecule has 6 rings (SSSR count). The van der Waals surface area contributed by atoms with Gasteiger partial charge in [-0.25, -0.2) is 10.1 Å². The number of fused-ring (bicyclic) bond motifs is 1. The maximum absolute atomic E-state index is 13.6. The molecule has 0 saturated carbocycles. The molecule has 0 unspecified atom stereocenters. The van der Waals surface area contributed by atoms with Crippen molar-refractivity contribution in [3.63, 3.8) is 0 Å². The van der Waals surface area contributed by atoms with Gasteiger partial charge < -0.3 is 9.47 Å². The van der Waals surface area contributed by atoms with Gasteiger partial charge in [0.1, 0.15) is 18.9 Å². The molecule has 0 amide bonds. The first kappa shape index (κ1) is 26.2. The van der Waals surface area contributed by atoms with Gasteiger partial charge in [0.15, 0.2) is 0 Å². The molecular weight excluding hydrogens is 511 g/mol. The van der Waals surface area contributed by atoms with E-state index in [1.807, 2.05) is 78.9 Å². The second kappa shape index (κ2) is 11.6. The Morgan fingerprint density at radius 3 is 2.27 bits per heavy atom. The number of hydrogen-bond donors (Lipinski definition) is 0. The van der Waals surface area contributed by atoms with Crippen LogP contribution in [-0.2, 0) is 20.3 Å². The Morgan fingerprint density at radius 1 is 0.902 bits per heavy atom. The van der Waals surface area contributed by atoms with Gasteiger partial charge in [0.05, 0.1) is 11.0 Å². The normalized spacial score (nSPS) is 13.1. The third kappa shape index (κ3) is 5.52. The second-order valence-corrected chi connectivity index (χ2v) is 10.2. The van der Waals surface area contributed by atoms with Gasteiger partial charge in [0, 0.05) is 19.1 Å². The number of hydrogen-bond acceptors (Lipinski definition) is 5. The summed E-state index contributed by atoms with van der Waals surface area (Å²) in [5.41, 5.74) is 6.24. The third-order valence-corrected chi connectivity index (χ3v) is 7.52. The molecule has 0 bridgehead atoms. The maximum Gasteiger partial charge on any atom is 0.333 e. The summed E-state index contributed by atoms with van der Waals surface area (Å²) < 4.78 is 15.5. The fraction of sp³-hybridized carbons (Fsp3) is 0.182. The molecule has 41 heavy (non-hydrogen) atoms. The Bertz CT molecular complexity index is 1820. The fourth-order valence-electron chi connectivity index (χ4n) is 5.21. The number of aryl methyl sites for hydroxylation is 1. The minimum Gasteiger partial charge on any atom is -0.473 e. The Balaban J connectivity index is 1.37. The summed E-state index contributed by atoms with van der Waals surface area (Å²) >= 11 is 0. The van der Waals surface area contributed by atoms with Gasteiger partial charge in [-0.15, -0.1) is 0 Å². The standard InChI is InChI=1S/C33H29BN4O3/c1-37-30-20-27(26-16-18-34(23-35)19-17-26)12-13-28(30)38(33(37)39)29-14-15-31(40-21-24-8-4-2-5-9-24)36-32(29)41-22-25-10-6-3-7-11-25/h2-16,20H,17-19,21-22H2,1H3. The molecule has 0 atom stereocenters. The lowest BCUT2D eigenvalue weighted by Gasteiger charge is -2.15. The van der Waals surface area contributed by atoms with Gasteiger partial charge in [-0.05, 0) is 53.2 Å². The first-order valence-electron chi connectivity index (χ1n) is 13.8. The number of allylic oxidation sites excluding steroid dienone is 2. The van der Waals surface area contributed by atoms with E-state index in [0.717, 1.165) is 46.8 Å². The largest absolute Gasteiger partial charge is 0.473 e. The highest BCUT2D eigenvalue weighted by Crippen LogP contribution is 2.32. The lowest BCUT2D eigenvalue weighted by atomic mass is 9.43. The first-order valence-corrected chi connectivity index (χ1v) is 13.8. The fourth-order valence-corrected chi connectivity index (χ4v) is 5.21. The molecule has 1 aliphatic rings. The van der Waals surface area contributed by atoms with Gasteiger partial charge in [-0.3, -0.25) is 9.13 Å². The Hall–Kier alpha value is -5.03. The van der Waals surface area contributed by atoms with Crippen LogP contribution >= 0.6 is 0 Å². The molecule has 3 aromatic carbocycles. The molecule has 1 aliphatic heterocycles. The van der Waals surface area contributed by atoms with Crippen LogP contribution in [0.15, 0.2) is 102 Å². The van der Waals surface area contributed by atoms with E-state index in [2.05, 4.69) is 18.1 Å². The average Bonchev–Trinajstić information content (AvgIpc) is 3.28. The number of nitriles is 1. The molecule has 3 heterocycles. The third-order valence-electron chi connectivity index (χ3n) is 7.52. The van der Waals surface area contributed by atoms with E-state index < -0.39 is 0 Å². The van der Waals surface area contributed by atoms with Crippen LogP contribution in [0.1, 0.15) is 23.1 Å².